The predicted octanol–water partition coefficient (Wildman–Crippen LogP) is 12.6. The molecule has 3 heterocycles. The smallest absolute Gasteiger partial charge is 0.143 e. The first-order valence-corrected chi connectivity index (χ1v) is 15.1. The molecule has 0 aliphatic carbocycles. The van der Waals surface area contributed by atoms with E-state index < -0.39 is 166 Å². The van der Waals surface area contributed by atoms with Crippen molar-refractivity contribution in [1.29, 1.82) is 0 Å². The minimum atomic E-state index is -0.891. The van der Waals surface area contributed by atoms with E-state index in [1.165, 1.54) is 0 Å². The Hall–Kier alpha value is -6.10. The first-order valence-electron chi connectivity index (χ1n) is 25.3. The van der Waals surface area contributed by atoms with Gasteiger partial charge in [-0.15, -0.1) is 11.3 Å². The molecular formula is C44H26N2OS. The van der Waals surface area contributed by atoms with Crippen LogP contribution in [0.2, 0.25) is 0 Å². The molecule has 0 atom stereocenters. The van der Waals surface area contributed by atoms with Crippen LogP contribution in [0.25, 0.3) is 97.7 Å². The molecule has 0 fully saturated rings. The second kappa shape index (κ2) is 10.7. The number of para-hydroxylation sites is 2. The summed E-state index contributed by atoms with van der Waals surface area (Å²) < 4.78 is 200. The number of hydrogen-bond acceptors (Lipinski definition) is 4. The highest BCUT2D eigenvalue weighted by Crippen LogP contribution is 2.41. The second-order valence-corrected chi connectivity index (χ2v) is 11.5. The zero-order chi connectivity index (χ0) is 50.8. The van der Waals surface area contributed by atoms with Crippen LogP contribution < -0.4 is 0 Å². The fourth-order valence-electron chi connectivity index (χ4n) is 5.52. The van der Waals surface area contributed by atoms with Gasteiger partial charge in [0.2, 0.25) is 0 Å². The van der Waals surface area contributed by atoms with Crippen molar-refractivity contribution < 1.29 is 34.6 Å². The number of rotatable bonds is 4. The largest absolute Gasteiger partial charge is 0.455 e. The molecule has 0 aliphatic rings. The average molecular weight is 653 g/mol. The average Bonchev–Trinajstić information content (AvgIpc) is 3.92. The molecule has 7 aromatic carbocycles. The van der Waals surface area contributed by atoms with Crippen LogP contribution in [0.15, 0.2) is 162 Å². The Labute approximate surface area is 311 Å². The number of fused-ring (bicyclic) bond motifs is 7. The van der Waals surface area contributed by atoms with Gasteiger partial charge in [0.05, 0.1) is 46.1 Å². The van der Waals surface area contributed by atoms with Crippen LogP contribution in [0.1, 0.15) is 30.2 Å². The molecule has 3 aromatic heterocycles. The van der Waals surface area contributed by atoms with E-state index in [-0.39, 0.29) is 54.1 Å². The normalized spacial score (nSPS) is 18.2. The lowest BCUT2D eigenvalue weighted by Crippen LogP contribution is -1.88. The Balaban J connectivity index is 1.22. The van der Waals surface area contributed by atoms with E-state index >= 15 is 0 Å². The van der Waals surface area contributed by atoms with Crippen molar-refractivity contribution in [1.82, 2.24) is 9.97 Å². The summed E-state index contributed by atoms with van der Waals surface area (Å²) in [6.45, 7) is 0. The van der Waals surface area contributed by atoms with Gasteiger partial charge >= 0.3 is 0 Å². The molecule has 0 spiro atoms. The Bertz CT molecular complexity index is 4110. The molecule has 0 unspecified atom stereocenters. The minimum absolute atomic E-state index is 0.0984. The molecule has 0 bridgehead atoms. The monoisotopic (exact) mass is 652 g/mol. The Morgan fingerprint density at radius 3 is 2.19 bits per heavy atom. The van der Waals surface area contributed by atoms with Gasteiger partial charge in [0, 0.05) is 32.0 Å². The van der Waals surface area contributed by atoms with E-state index in [9.17, 15) is 2.74 Å². The maximum atomic E-state index is 9.58. The lowest BCUT2D eigenvalue weighted by atomic mass is 9.96. The van der Waals surface area contributed by atoms with Gasteiger partial charge in [0.25, 0.3) is 0 Å². The highest BCUT2D eigenvalue weighted by Gasteiger charge is 2.16. The van der Waals surface area contributed by atoms with Crippen LogP contribution in [-0.4, -0.2) is 9.97 Å². The first-order chi connectivity index (χ1) is 33.0. The second-order valence-electron chi connectivity index (χ2n) is 10.5. The number of benzene rings is 7. The fourth-order valence-corrected chi connectivity index (χ4v) is 6.65. The SMILES string of the molecule is [2H]c1c([2H])c(-c2c([2H])c([2H])c([2H])c(-c3ncnc4c3sc3ccc(-c5c([2H])c([2H])c6c([2H])c([2H])c([2H])c([2H])c6c5[2H])cc34)c2[2H])c([2H])c(-c2c([2H])c([2H])c([2H])c3c2oc2c([2H])c([2H])c([2H])c([2H])c23)c1[2H]. The van der Waals surface area contributed by atoms with Crippen molar-refractivity contribution in [3.63, 3.8) is 0 Å². The summed E-state index contributed by atoms with van der Waals surface area (Å²) >= 11 is 1.08. The standard InChI is InChI=1S/C44H26N2OS/c1-2-9-28-22-31(19-18-27(28)8-1)32-20-21-40-38(25-32)42-44(48-40)41(45-26-46-42)34-13-6-11-30(24-34)29-10-5-12-33(23-29)35-15-7-16-37-36-14-3-4-17-39(36)47-43(35)37/h1-26H/i1D,2D,3D,4D,5D,6D,7D,8D,9D,10D,11D,12D,13D,14D,15D,16D,17D,18D,19D,22D,23D,24D. The molecule has 0 radical (unpaired) electrons. The van der Waals surface area contributed by atoms with E-state index in [0.717, 1.165) is 17.7 Å². The van der Waals surface area contributed by atoms with Crippen molar-refractivity contribution in [2.24, 2.45) is 0 Å². The predicted molar refractivity (Wildman–Crippen MR) is 201 cm³/mol. The van der Waals surface area contributed by atoms with Gasteiger partial charge in [0.1, 0.15) is 17.5 Å². The Morgan fingerprint density at radius 1 is 0.542 bits per heavy atom. The molecule has 48 heavy (non-hydrogen) atoms. The maximum absolute atomic E-state index is 9.58. The number of thiophene rings is 1. The summed E-state index contributed by atoms with van der Waals surface area (Å²) in [6.07, 6.45) is 1.11. The molecule has 0 aliphatic heterocycles. The number of aromatic nitrogens is 2. The van der Waals surface area contributed by atoms with Crippen molar-refractivity contribution in [3.8, 4) is 44.6 Å². The van der Waals surface area contributed by atoms with Gasteiger partial charge in [-0.25, -0.2) is 9.97 Å². The van der Waals surface area contributed by atoms with Crippen LogP contribution >= 0.6 is 11.3 Å². The van der Waals surface area contributed by atoms with Gasteiger partial charge in [0.15, 0.2) is 0 Å². The summed E-state index contributed by atoms with van der Waals surface area (Å²) in [6, 6.07) is -10.4. The van der Waals surface area contributed by atoms with E-state index in [1.54, 1.807) is 18.2 Å². The third-order valence-corrected chi connectivity index (χ3v) is 8.88. The molecule has 0 N–H and O–H groups in total. The Kier molecular flexibility index (Phi) is 2.95. The lowest BCUT2D eigenvalue weighted by molar-refractivity contribution is 0.670. The van der Waals surface area contributed by atoms with Gasteiger partial charge < -0.3 is 4.42 Å². The zero-order valence-electron chi connectivity index (χ0n) is 46.0. The summed E-state index contributed by atoms with van der Waals surface area (Å²) in [7, 11) is 0. The van der Waals surface area contributed by atoms with Crippen LogP contribution in [0.3, 0.4) is 0 Å². The van der Waals surface area contributed by atoms with E-state index in [4.69, 9.17) is 31.8 Å². The molecule has 4 heteroatoms. The summed E-state index contributed by atoms with van der Waals surface area (Å²) in [5, 5.41) is -0.780. The Morgan fingerprint density at radius 2 is 1.27 bits per heavy atom. The van der Waals surface area contributed by atoms with Gasteiger partial charge in [-0.1, -0.05) is 115 Å². The molecular weight excluding hydrogens is 605 g/mol. The maximum Gasteiger partial charge on any atom is 0.143 e. The first kappa shape index (κ1) is 13.2. The lowest BCUT2D eigenvalue weighted by Gasteiger charge is -2.09. The topological polar surface area (TPSA) is 38.9 Å². The molecule has 0 saturated carbocycles. The van der Waals surface area contributed by atoms with Crippen LogP contribution in [-0.2, 0) is 0 Å². The molecule has 3 nitrogen and oxygen atoms in total. The summed E-state index contributed by atoms with van der Waals surface area (Å²) in [4.78, 5) is 8.87. The van der Waals surface area contributed by atoms with Crippen LogP contribution in [0.5, 0.6) is 0 Å². The third-order valence-electron chi connectivity index (χ3n) is 7.71. The van der Waals surface area contributed by atoms with Gasteiger partial charge in [-0.3, -0.25) is 0 Å². The molecule has 0 amide bonds. The van der Waals surface area contributed by atoms with Crippen LogP contribution in [0, 0.1) is 0 Å². The highest BCUT2D eigenvalue weighted by atomic mass is 32.1. The van der Waals surface area contributed by atoms with E-state index in [2.05, 4.69) is 9.97 Å². The number of furan rings is 1. The molecule has 10 rings (SSSR count). The summed E-state index contributed by atoms with van der Waals surface area (Å²) in [5.74, 6) is 0. The summed E-state index contributed by atoms with van der Waals surface area (Å²) in [5.41, 5.74) is -3.54. The zero-order valence-corrected chi connectivity index (χ0v) is 24.8. The number of hydrogen-bond donors (Lipinski definition) is 0. The fraction of sp³-hybridized carbons (Fsp3) is 0. The highest BCUT2D eigenvalue weighted by molar-refractivity contribution is 7.26. The van der Waals surface area contributed by atoms with Crippen molar-refractivity contribution in [2.75, 3.05) is 0 Å². The van der Waals surface area contributed by atoms with E-state index in [1.807, 2.05) is 0 Å². The molecule has 0 saturated heterocycles. The third kappa shape index (κ3) is 4.34. The van der Waals surface area contributed by atoms with Crippen molar-refractivity contribution in [3.05, 3.63) is 157 Å². The minimum Gasteiger partial charge on any atom is -0.455 e. The molecule has 10 aromatic rings. The number of nitrogens with zero attached hydrogens (tertiary/aromatic N) is 2. The van der Waals surface area contributed by atoms with Gasteiger partial charge in [-0.05, 0) is 74.9 Å². The van der Waals surface area contributed by atoms with Crippen molar-refractivity contribution >= 4 is 64.4 Å². The van der Waals surface area contributed by atoms with E-state index in [0.29, 0.717) is 10.1 Å². The molecule has 224 valence electrons. The van der Waals surface area contributed by atoms with Crippen LogP contribution in [0.4, 0.5) is 0 Å². The van der Waals surface area contributed by atoms with Gasteiger partial charge in [-0.2, -0.15) is 0 Å². The van der Waals surface area contributed by atoms with Crippen molar-refractivity contribution in [2.45, 2.75) is 0 Å². The quantitative estimate of drug-likeness (QED) is 0.190.